The summed E-state index contributed by atoms with van der Waals surface area (Å²) < 4.78 is 4.86. The van der Waals surface area contributed by atoms with Gasteiger partial charge in [-0.15, -0.1) is 0 Å². The molecule has 0 radical (unpaired) electrons. The number of hydrogen-bond acceptors (Lipinski definition) is 3. The molecule has 0 atom stereocenters. The van der Waals surface area contributed by atoms with E-state index in [1.807, 2.05) is 48.5 Å². The molecule has 1 aromatic heterocycles. The Balaban J connectivity index is 1.94. The van der Waals surface area contributed by atoms with Crippen LogP contribution in [-0.4, -0.2) is 18.1 Å². The Morgan fingerprint density at radius 1 is 1.00 bits per heavy atom. The summed E-state index contributed by atoms with van der Waals surface area (Å²) in [6.07, 6.45) is 1.69. The topological polar surface area (TPSA) is 39.2 Å². The molecular weight excluding hydrogens is 274 g/mol. The number of aromatic nitrogens is 1. The van der Waals surface area contributed by atoms with E-state index < -0.39 is 5.97 Å². The molecule has 0 amide bonds. The summed E-state index contributed by atoms with van der Waals surface area (Å²) in [5.74, 6) is -0.391. The molecule has 0 unspecified atom stereocenters. The van der Waals surface area contributed by atoms with E-state index in [1.54, 1.807) is 0 Å². The Kier molecular flexibility index (Phi) is 4.15. The highest BCUT2D eigenvalue weighted by Gasteiger charge is 2.13. The molecule has 2 aromatic carbocycles. The first-order valence-electron chi connectivity index (χ1n) is 7.29. The summed E-state index contributed by atoms with van der Waals surface area (Å²) in [6.45, 7) is 0. The van der Waals surface area contributed by atoms with Crippen molar-refractivity contribution in [2.45, 2.75) is 12.8 Å². The fourth-order valence-corrected chi connectivity index (χ4v) is 2.55. The summed E-state index contributed by atoms with van der Waals surface area (Å²) in [5.41, 5.74) is 2.56. The molecule has 3 rings (SSSR count). The summed E-state index contributed by atoms with van der Waals surface area (Å²) in [4.78, 5) is 16.5. The fraction of sp³-hybridized carbons (Fsp3) is 0.158. The molecule has 0 saturated heterocycles. The number of ether oxygens (including phenoxy) is 1. The number of benzene rings is 2. The van der Waals surface area contributed by atoms with Gasteiger partial charge in [0, 0.05) is 11.1 Å². The first-order chi connectivity index (χ1) is 10.8. The molecule has 0 fully saturated rings. The van der Waals surface area contributed by atoms with Crippen molar-refractivity contribution in [2.75, 3.05) is 7.11 Å². The van der Waals surface area contributed by atoms with Crippen molar-refractivity contribution in [2.24, 2.45) is 0 Å². The highest BCUT2D eigenvalue weighted by Crippen LogP contribution is 2.20. The summed E-state index contributed by atoms with van der Waals surface area (Å²) in [6, 6.07) is 20.1. The van der Waals surface area contributed by atoms with Crippen LogP contribution < -0.4 is 0 Å². The molecule has 0 aliphatic carbocycles. The van der Waals surface area contributed by atoms with E-state index >= 15 is 0 Å². The highest BCUT2D eigenvalue weighted by molar-refractivity contribution is 6.02. The van der Waals surface area contributed by atoms with Gasteiger partial charge in [-0.3, -0.25) is 0 Å². The number of nitrogens with zero attached hydrogens (tertiary/aromatic N) is 1. The molecule has 0 bridgehead atoms. The molecule has 3 aromatic rings. The normalized spacial score (nSPS) is 10.6. The van der Waals surface area contributed by atoms with E-state index in [0.717, 1.165) is 29.3 Å². The van der Waals surface area contributed by atoms with E-state index in [-0.39, 0.29) is 0 Å². The second-order valence-corrected chi connectivity index (χ2v) is 5.16. The number of hydrogen-bond donors (Lipinski definition) is 0. The average molecular weight is 291 g/mol. The van der Waals surface area contributed by atoms with Gasteiger partial charge in [0.15, 0.2) is 5.69 Å². The highest BCUT2D eigenvalue weighted by atomic mass is 16.5. The number of methoxy groups -OCH3 is 1. The number of fused-ring (bicyclic) bond motifs is 1. The van der Waals surface area contributed by atoms with Gasteiger partial charge in [0.2, 0.25) is 0 Å². The summed E-state index contributed by atoms with van der Waals surface area (Å²) >= 11 is 0. The number of rotatable bonds is 4. The van der Waals surface area contributed by atoms with Crippen LogP contribution >= 0.6 is 0 Å². The predicted molar refractivity (Wildman–Crippen MR) is 86.9 cm³/mol. The van der Waals surface area contributed by atoms with Crippen LogP contribution in [0.1, 0.15) is 21.7 Å². The van der Waals surface area contributed by atoms with Gasteiger partial charge in [-0.25, -0.2) is 9.78 Å². The Bertz CT molecular complexity index is 797. The zero-order chi connectivity index (χ0) is 15.4. The minimum atomic E-state index is -0.391. The molecule has 0 N–H and O–H groups in total. The number of carbonyl (C=O) groups is 1. The number of carbonyl (C=O) groups excluding carboxylic acids is 1. The Morgan fingerprint density at radius 3 is 2.50 bits per heavy atom. The minimum Gasteiger partial charge on any atom is -0.464 e. The van der Waals surface area contributed by atoms with Crippen molar-refractivity contribution in [3.05, 3.63) is 77.6 Å². The average Bonchev–Trinajstić information content (AvgIpc) is 2.59. The van der Waals surface area contributed by atoms with Crippen LogP contribution in [0, 0.1) is 0 Å². The van der Waals surface area contributed by atoms with Gasteiger partial charge >= 0.3 is 5.97 Å². The van der Waals surface area contributed by atoms with E-state index in [1.165, 1.54) is 12.7 Å². The minimum absolute atomic E-state index is 0.391. The predicted octanol–water partition coefficient (Wildman–Crippen LogP) is 3.81. The Labute approximate surface area is 129 Å². The second kappa shape index (κ2) is 6.39. The molecular formula is C19H17NO2. The Hall–Kier alpha value is -2.68. The van der Waals surface area contributed by atoms with Gasteiger partial charge in [0.25, 0.3) is 0 Å². The first kappa shape index (κ1) is 14.3. The van der Waals surface area contributed by atoms with Crippen molar-refractivity contribution in [3.63, 3.8) is 0 Å². The number of esters is 1. The molecule has 0 aliphatic heterocycles. The van der Waals surface area contributed by atoms with Crippen LogP contribution in [-0.2, 0) is 17.6 Å². The van der Waals surface area contributed by atoms with Gasteiger partial charge < -0.3 is 4.74 Å². The third-order valence-electron chi connectivity index (χ3n) is 3.68. The molecule has 3 nitrogen and oxygen atoms in total. The second-order valence-electron chi connectivity index (χ2n) is 5.16. The first-order valence-corrected chi connectivity index (χ1v) is 7.29. The van der Waals surface area contributed by atoms with Gasteiger partial charge in [0.1, 0.15) is 0 Å². The summed E-state index contributed by atoms with van der Waals surface area (Å²) in [5, 5.41) is 1.85. The zero-order valence-corrected chi connectivity index (χ0v) is 12.5. The van der Waals surface area contributed by atoms with Crippen LogP contribution in [0.4, 0.5) is 0 Å². The third-order valence-corrected chi connectivity index (χ3v) is 3.68. The molecule has 22 heavy (non-hydrogen) atoms. The lowest BCUT2D eigenvalue weighted by atomic mass is 10.0. The standard InChI is InChI=1S/C19H17NO2/c1-22-19(21)18-17-10-6-5-9-15(17)13-16(20-18)12-11-14-7-3-2-4-8-14/h2-10,13H,11-12H2,1H3. The monoisotopic (exact) mass is 291 g/mol. The maximum Gasteiger partial charge on any atom is 0.357 e. The van der Waals surface area contributed by atoms with E-state index in [4.69, 9.17) is 4.74 Å². The quantitative estimate of drug-likeness (QED) is 0.686. The van der Waals surface area contributed by atoms with Crippen LogP contribution in [0.2, 0.25) is 0 Å². The lowest BCUT2D eigenvalue weighted by Crippen LogP contribution is -2.08. The van der Waals surface area contributed by atoms with Gasteiger partial charge in [-0.2, -0.15) is 0 Å². The molecule has 0 saturated carbocycles. The van der Waals surface area contributed by atoms with Crippen LogP contribution in [0.3, 0.4) is 0 Å². The molecule has 3 heteroatoms. The van der Waals surface area contributed by atoms with Crippen LogP contribution in [0.15, 0.2) is 60.7 Å². The van der Waals surface area contributed by atoms with Crippen molar-refractivity contribution < 1.29 is 9.53 Å². The largest absolute Gasteiger partial charge is 0.464 e. The van der Waals surface area contributed by atoms with Crippen molar-refractivity contribution in [1.82, 2.24) is 4.98 Å². The Morgan fingerprint density at radius 2 is 1.73 bits per heavy atom. The lowest BCUT2D eigenvalue weighted by molar-refractivity contribution is 0.0596. The van der Waals surface area contributed by atoms with E-state index in [2.05, 4.69) is 17.1 Å². The maximum absolute atomic E-state index is 12.0. The van der Waals surface area contributed by atoms with Gasteiger partial charge in [-0.05, 0) is 29.9 Å². The van der Waals surface area contributed by atoms with Crippen molar-refractivity contribution >= 4 is 16.7 Å². The maximum atomic E-state index is 12.0. The molecule has 0 spiro atoms. The molecule has 0 aliphatic rings. The zero-order valence-electron chi connectivity index (χ0n) is 12.5. The van der Waals surface area contributed by atoms with Crippen molar-refractivity contribution in [1.29, 1.82) is 0 Å². The van der Waals surface area contributed by atoms with E-state index in [9.17, 15) is 4.79 Å². The summed E-state index contributed by atoms with van der Waals surface area (Å²) in [7, 11) is 1.38. The van der Waals surface area contributed by atoms with Crippen LogP contribution in [0.25, 0.3) is 10.8 Å². The SMILES string of the molecule is COC(=O)c1nc(CCc2ccccc2)cc2ccccc12. The lowest BCUT2D eigenvalue weighted by Gasteiger charge is -2.08. The van der Waals surface area contributed by atoms with E-state index in [0.29, 0.717) is 5.69 Å². The van der Waals surface area contributed by atoms with Crippen LogP contribution in [0.5, 0.6) is 0 Å². The molecule has 110 valence electrons. The third kappa shape index (κ3) is 2.98. The number of aryl methyl sites for hydroxylation is 2. The van der Waals surface area contributed by atoms with Gasteiger partial charge in [0.05, 0.1) is 7.11 Å². The molecule has 1 heterocycles. The number of pyridine rings is 1. The fourth-order valence-electron chi connectivity index (χ4n) is 2.55. The smallest absolute Gasteiger partial charge is 0.357 e. The van der Waals surface area contributed by atoms with Gasteiger partial charge in [-0.1, -0.05) is 54.6 Å². The van der Waals surface area contributed by atoms with Crippen molar-refractivity contribution in [3.8, 4) is 0 Å².